The zero-order valence-corrected chi connectivity index (χ0v) is 14.8. The van der Waals surface area contributed by atoms with Crippen LogP contribution < -0.4 is 0 Å². The third kappa shape index (κ3) is 19.2. The Hall–Kier alpha value is -0.736. The molecule has 0 amide bonds. The molecule has 0 unspecified atom stereocenters. The van der Waals surface area contributed by atoms with Crippen molar-refractivity contribution in [2.45, 2.75) is 13.8 Å². The van der Waals surface area contributed by atoms with E-state index < -0.39 is 11.9 Å². The van der Waals surface area contributed by atoms with Gasteiger partial charge in [0.05, 0.1) is 13.2 Å². The minimum absolute atomic E-state index is 0. The van der Waals surface area contributed by atoms with Gasteiger partial charge in [-0.25, -0.2) is 0 Å². The fraction of sp³-hybridized carbons (Fsp3) is 0.222. The first-order chi connectivity index (χ1) is 10.7. The van der Waals surface area contributed by atoms with E-state index in [1.54, 1.807) is 13.8 Å². The van der Waals surface area contributed by atoms with Crippen molar-refractivity contribution in [3.8, 4) is 0 Å². The minimum Gasteiger partial charge on any atom is -0.491 e. The molecule has 2 aliphatic rings. The van der Waals surface area contributed by atoms with Gasteiger partial charge in [0.2, 0.25) is 0 Å². The van der Waals surface area contributed by atoms with Crippen molar-refractivity contribution < 1.29 is 37.6 Å². The molecule has 2 fully saturated rings. The van der Waals surface area contributed by atoms with E-state index in [0.717, 1.165) is 12.8 Å². The smallest absolute Gasteiger partial charge is 0.491 e. The summed E-state index contributed by atoms with van der Waals surface area (Å²) in [6.45, 7) is 3.98. The molecule has 0 aromatic carbocycles. The molecule has 2 aliphatic carbocycles. The summed E-state index contributed by atoms with van der Waals surface area (Å²) in [5.74, 6) is -1.07. The van der Waals surface area contributed by atoms with Crippen LogP contribution in [0.4, 0.5) is 0 Å². The van der Waals surface area contributed by atoms with Crippen LogP contribution in [0.5, 0.6) is 0 Å². The summed E-state index contributed by atoms with van der Waals surface area (Å²) < 4.78 is 9.07. The Kier molecular flexibility index (Phi) is 20.6. The van der Waals surface area contributed by atoms with Gasteiger partial charge in [-0.05, 0) is 78.1 Å². The van der Waals surface area contributed by atoms with Gasteiger partial charge in [0, 0.05) is 0 Å². The quantitative estimate of drug-likeness (QED) is 0.563. The maximum absolute atomic E-state index is 10.6. The molecule has 2 rings (SSSR count). The summed E-state index contributed by atoms with van der Waals surface area (Å²) in [5, 5.41) is 0. The van der Waals surface area contributed by atoms with Crippen LogP contribution in [0.1, 0.15) is 13.8 Å². The van der Waals surface area contributed by atoms with Gasteiger partial charge in [0.25, 0.3) is 0 Å². The molecule has 0 aromatic heterocycles. The van der Waals surface area contributed by atoms with Crippen molar-refractivity contribution in [2.24, 2.45) is 0 Å². The van der Waals surface area contributed by atoms with E-state index in [2.05, 4.69) is 9.47 Å². The monoisotopic (exact) mass is 353 g/mol. The average Bonchev–Trinajstić information content (AvgIpc) is 3.22. The molecule has 0 aromatic rings. The van der Waals surface area contributed by atoms with E-state index in [-0.39, 0.29) is 18.6 Å². The van der Waals surface area contributed by atoms with Gasteiger partial charge in [0.1, 0.15) is 11.9 Å². The van der Waals surface area contributed by atoms with E-state index >= 15 is 0 Å². The maximum atomic E-state index is 10.6. The molecular weight excluding hydrogens is 331 g/mol. The number of esters is 2. The molecule has 0 atom stereocenters. The second-order valence-corrected chi connectivity index (χ2v) is 3.76. The van der Waals surface area contributed by atoms with Crippen LogP contribution in [0.15, 0.2) is 0 Å². The van der Waals surface area contributed by atoms with Crippen LogP contribution in [-0.4, -0.2) is 25.2 Å². The van der Waals surface area contributed by atoms with E-state index in [1.807, 2.05) is 64.2 Å². The van der Waals surface area contributed by atoms with E-state index in [9.17, 15) is 9.59 Å². The van der Waals surface area contributed by atoms with Crippen LogP contribution in [0, 0.1) is 77.0 Å². The third-order valence-electron chi connectivity index (χ3n) is 2.04. The fourth-order valence-corrected chi connectivity index (χ4v) is 1.16. The Labute approximate surface area is 154 Å². The van der Waals surface area contributed by atoms with E-state index in [1.165, 1.54) is 0 Å². The zero-order chi connectivity index (χ0) is 16.5. The summed E-state index contributed by atoms with van der Waals surface area (Å²) in [5.41, 5.74) is 0. The molecule has 0 heterocycles. The van der Waals surface area contributed by atoms with Crippen molar-refractivity contribution in [3.63, 3.8) is 0 Å². The van der Waals surface area contributed by atoms with Gasteiger partial charge < -0.3 is 22.3 Å². The van der Waals surface area contributed by atoms with Gasteiger partial charge in [-0.2, -0.15) is 0 Å². The van der Waals surface area contributed by atoms with Gasteiger partial charge >= 0.3 is 18.6 Å². The molecule has 0 saturated heterocycles. The summed E-state index contributed by atoms with van der Waals surface area (Å²) in [6.07, 6.45) is 22.1. The number of ether oxygens (including phenoxy) is 2. The summed E-state index contributed by atoms with van der Waals surface area (Å²) >= 11 is 0. The standard InChI is InChI=1S/C8H12O4.2C5H5.V/c1-3-11-7(9)5-6-8(10)12-4-2;2*1-2-4-5-3-1;/h5-6H,3-4H2,1-2H3;2*1-5H;/q-2;;;+2. The number of carbonyl (C=O) groups excluding carboxylic acids is 2. The zero-order valence-electron chi connectivity index (χ0n) is 13.4. The van der Waals surface area contributed by atoms with Crippen molar-refractivity contribution in [1.82, 2.24) is 0 Å². The van der Waals surface area contributed by atoms with Crippen molar-refractivity contribution in [1.29, 1.82) is 0 Å². The SMILES string of the molecule is CCOC(=O)[CH-][CH-]C(=O)OCC.[CH]1[CH][CH][CH][CH]1.[CH]1[CH][CH][CH][CH]1.[V+2]. The Bertz CT molecular complexity index is 231. The first kappa shape index (κ1) is 24.5. The Morgan fingerprint density at radius 2 is 0.870 bits per heavy atom. The molecule has 0 N–H and O–H groups in total. The number of hydrogen-bond acceptors (Lipinski definition) is 4. The molecule has 0 spiro atoms. The van der Waals surface area contributed by atoms with Crippen molar-refractivity contribution in [3.05, 3.63) is 77.0 Å². The predicted molar refractivity (Wildman–Crippen MR) is 84.9 cm³/mol. The molecule has 4 nitrogen and oxygen atoms in total. The molecule has 23 heavy (non-hydrogen) atoms. The Balaban J connectivity index is 0. The molecule has 11 radical (unpaired) electrons. The van der Waals surface area contributed by atoms with E-state index in [0.29, 0.717) is 13.2 Å². The fourth-order valence-electron chi connectivity index (χ4n) is 1.16. The second-order valence-electron chi connectivity index (χ2n) is 3.76. The average molecular weight is 353 g/mol. The first-order valence-electron chi connectivity index (χ1n) is 7.05. The minimum atomic E-state index is -0.537. The first-order valence-corrected chi connectivity index (χ1v) is 7.05. The van der Waals surface area contributed by atoms with Crippen LogP contribution >= 0.6 is 0 Å². The Morgan fingerprint density at radius 1 is 0.652 bits per heavy atom. The van der Waals surface area contributed by atoms with Gasteiger partial charge in [0.15, 0.2) is 0 Å². The van der Waals surface area contributed by atoms with Gasteiger partial charge in [-0.1, -0.05) is 0 Å². The number of hydrogen-bond donors (Lipinski definition) is 0. The number of rotatable bonds is 5. The second kappa shape index (κ2) is 19.3. The van der Waals surface area contributed by atoms with Crippen LogP contribution in [0.2, 0.25) is 0 Å². The molecular formula is C18H22O4V. The van der Waals surface area contributed by atoms with Crippen LogP contribution in [-0.2, 0) is 37.6 Å². The van der Waals surface area contributed by atoms with Crippen molar-refractivity contribution >= 4 is 11.9 Å². The maximum Gasteiger partial charge on any atom is 2.00 e. The number of carbonyl (C=O) groups is 2. The normalized spacial score (nSPS) is 14.9. The predicted octanol–water partition coefficient (Wildman–Crippen LogP) is 2.56. The molecule has 0 aliphatic heterocycles. The van der Waals surface area contributed by atoms with Crippen molar-refractivity contribution in [2.75, 3.05) is 13.2 Å². The molecule has 5 heteroatoms. The topological polar surface area (TPSA) is 52.6 Å². The summed E-state index contributed by atoms with van der Waals surface area (Å²) in [7, 11) is 0. The van der Waals surface area contributed by atoms with E-state index in [4.69, 9.17) is 0 Å². The summed E-state index contributed by atoms with van der Waals surface area (Å²) in [6, 6.07) is 0. The molecule has 2 saturated carbocycles. The van der Waals surface area contributed by atoms with Gasteiger partial charge in [-0.15, -0.1) is 0 Å². The van der Waals surface area contributed by atoms with Crippen LogP contribution in [0.25, 0.3) is 0 Å². The third-order valence-corrected chi connectivity index (χ3v) is 2.04. The largest absolute Gasteiger partial charge is 2.00 e. The van der Waals surface area contributed by atoms with Gasteiger partial charge in [-0.3, -0.25) is 9.59 Å². The molecule has 0 bridgehead atoms. The van der Waals surface area contributed by atoms with Crippen LogP contribution in [0.3, 0.4) is 0 Å². The summed E-state index contributed by atoms with van der Waals surface area (Å²) in [4.78, 5) is 21.3. The molecule has 123 valence electrons. The Morgan fingerprint density at radius 3 is 1.04 bits per heavy atom.